The summed E-state index contributed by atoms with van der Waals surface area (Å²) in [5.74, 6) is 0. The Labute approximate surface area is 118 Å². The standard InChI is InChI=1S/C18H18N2/c1-18(2)17-14(13-8-4-6-10-16(13)19-17)11-12-7-3-5-9-15(12)20-18/h3-10,19-20H,11H2,1-2H3. The first-order valence-corrected chi connectivity index (χ1v) is 7.11. The average molecular weight is 262 g/mol. The summed E-state index contributed by atoms with van der Waals surface area (Å²) in [5.41, 5.74) is 6.46. The van der Waals surface area contributed by atoms with Crippen LogP contribution in [0.4, 0.5) is 5.69 Å². The van der Waals surface area contributed by atoms with Gasteiger partial charge in [-0.25, -0.2) is 0 Å². The van der Waals surface area contributed by atoms with E-state index in [1.807, 2.05) is 0 Å². The first-order chi connectivity index (χ1) is 9.65. The summed E-state index contributed by atoms with van der Waals surface area (Å²) in [5, 5.41) is 5.03. The minimum atomic E-state index is -0.0963. The SMILES string of the molecule is CC1(C)Nc2ccccc2Cc2c1[nH]c1ccccc21. The van der Waals surface area contributed by atoms with Gasteiger partial charge in [0.2, 0.25) is 0 Å². The fraction of sp³-hybridized carbons (Fsp3) is 0.222. The summed E-state index contributed by atoms with van der Waals surface area (Å²) in [6, 6.07) is 17.2. The number of hydrogen-bond donors (Lipinski definition) is 2. The summed E-state index contributed by atoms with van der Waals surface area (Å²) in [6.07, 6.45) is 0.978. The lowest BCUT2D eigenvalue weighted by Crippen LogP contribution is -2.28. The van der Waals surface area contributed by atoms with Gasteiger partial charge in [-0.05, 0) is 37.1 Å². The zero-order valence-electron chi connectivity index (χ0n) is 11.8. The summed E-state index contributed by atoms with van der Waals surface area (Å²) in [7, 11) is 0. The Morgan fingerprint density at radius 2 is 1.70 bits per heavy atom. The zero-order chi connectivity index (χ0) is 13.7. The van der Waals surface area contributed by atoms with Crippen LogP contribution in [0, 0.1) is 0 Å². The molecule has 2 aromatic carbocycles. The second-order valence-corrected chi connectivity index (χ2v) is 6.11. The number of hydrogen-bond acceptors (Lipinski definition) is 1. The van der Waals surface area contributed by atoms with Crippen LogP contribution in [-0.4, -0.2) is 4.98 Å². The summed E-state index contributed by atoms with van der Waals surface area (Å²) in [6.45, 7) is 4.48. The Bertz CT molecular complexity index is 796. The molecule has 0 amide bonds. The van der Waals surface area contributed by atoms with Crippen molar-refractivity contribution >= 4 is 16.6 Å². The molecule has 20 heavy (non-hydrogen) atoms. The van der Waals surface area contributed by atoms with Crippen LogP contribution in [0.25, 0.3) is 10.9 Å². The highest BCUT2D eigenvalue weighted by atomic mass is 15.0. The van der Waals surface area contributed by atoms with Gasteiger partial charge >= 0.3 is 0 Å². The van der Waals surface area contributed by atoms with Crippen molar-refractivity contribution < 1.29 is 0 Å². The number of rotatable bonds is 0. The smallest absolute Gasteiger partial charge is 0.0720 e. The Morgan fingerprint density at radius 1 is 0.950 bits per heavy atom. The minimum Gasteiger partial charge on any atom is -0.374 e. The van der Waals surface area contributed by atoms with Crippen molar-refractivity contribution in [3.05, 3.63) is 65.4 Å². The van der Waals surface area contributed by atoms with Gasteiger partial charge in [-0.2, -0.15) is 0 Å². The van der Waals surface area contributed by atoms with Gasteiger partial charge in [0.1, 0.15) is 0 Å². The van der Waals surface area contributed by atoms with E-state index in [1.165, 1.54) is 33.4 Å². The van der Waals surface area contributed by atoms with Gasteiger partial charge in [-0.1, -0.05) is 36.4 Å². The van der Waals surface area contributed by atoms with Gasteiger partial charge in [0.25, 0.3) is 0 Å². The highest BCUT2D eigenvalue weighted by molar-refractivity contribution is 5.86. The highest BCUT2D eigenvalue weighted by Gasteiger charge is 2.30. The van der Waals surface area contributed by atoms with Crippen molar-refractivity contribution in [2.24, 2.45) is 0 Å². The molecule has 0 fully saturated rings. The van der Waals surface area contributed by atoms with Gasteiger partial charge in [-0.3, -0.25) is 0 Å². The van der Waals surface area contributed by atoms with E-state index in [4.69, 9.17) is 0 Å². The van der Waals surface area contributed by atoms with Gasteiger partial charge in [0.05, 0.1) is 5.54 Å². The third-order valence-electron chi connectivity index (χ3n) is 4.27. The van der Waals surface area contributed by atoms with Gasteiger partial charge in [-0.15, -0.1) is 0 Å². The summed E-state index contributed by atoms with van der Waals surface area (Å²) in [4.78, 5) is 3.62. The van der Waals surface area contributed by atoms with Crippen molar-refractivity contribution in [1.29, 1.82) is 0 Å². The molecule has 0 spiro atoms. The second-order valence-electron chi connectivity index (χ2n) is 6.11. The molecule has 0 saturated carbocycles. The molecule has 1 aliphatic heterocycles. The molecular formula is C18H18N2. The number of anilines is 1. The lowest BCUT2D eigenvalue weighted by Gasteiger charge is -2.26. The fourth-order valence-corrected chi connectivity index (χ4v) is 3.30. The van der Waals surface area contributed by atoms with Crippen molar-refractivity contribution in [1.82, 2.24) is 4.98 Å². The Hall–Kier alpha value is -2.22. The monoisotopic (exact) mass is 262 g/mol. The van der Waals surface area contributed by atoms with E-state index in [0.29, 0.717) is 0 Å². The van der Waals surface area contributed by atoms with Gasteiger partial charge in [0, 0.05) is 28.7 Å². The topological polar surface area (TPSA) is 27.8 Å². The van der Waals surface area contributed by atoms with E-state index >= 15 is 0 Å². The Kier molecular flexibility index (Phi) is 2.25. The molecule has 1 aliphatic rings. The third-order valence-corrected chi connectivity index (χ3v) is 4.27. The summed E-state index contributed by atoms with van der Waals surface area (Å²) >= 11 is 0. The number of H-pyrrole nitrogens is 1. The van der Waals surface area contributed by atoms with Crippen molar-refractivity contribution in [2.45, 2.75) is 25.8 Å². The van der Waals surface area contributed by atoms with Gasteiger partial charge in [0.15, 0.2) is 0 Å². The number of para-hydroxylation sites is 2. The Morgan fingerprint density at radius 3 is 2.60 bits per heavy atom. The molecule has 0 bridgehead atoms. The van der Waals surface area contributed by atoms with E-state index in [1.54, 1.807) is 0 Å². The highest BCUT2D eigenvalue weighted by Crippen LogP contribution is 2.38. The molecule has 0 aliphatic carbocycles. The summed E-state index contributed by atoms with van der Waals surface area (Å²) < 4.78 is 0. The quantitative estimate of drug-likeness (QED) is 0.616. The number of aromatic nitrogens is 1. The largest absolute Gasteiger partial charge is 0.374 e. The number of benzene rings is 2. The van der Waals surface area contributed by atoms with Crippen LogP contribution in [0.3, 0.4) is 0 Å². The lowest BCUT2D eigenvalue weighted by atomic mass is 9.95. The number of nitrogens with one attached hydrogen (secondary N) is 2. The second kappa shape index (κ2) is 3.89. The van der Waals surface area contributed by atoms with E-state index in [0.717, 1.165) is 6.42 Å². The predicted molar refractivity (Wildman–Crippen MR) is 84.2 cm³/mol. The molecule has 0 saturated heterocycles. The van der Waals surface area contributed by atoms with Crippen LogP contribution in [0.1, 0.15) is 30.7 Å². The molecule has 0 unspecified atom stereocenters. The molecular weight excluding hydrogens is 244 g/mol. The van der Waals surface area contributed by atoms with E-state index in [2.05, 4.69) is 72.7 Å². The zero-order valence-corrected chi connectivity index (χ0v) is 11.8. The molecule has 2 heteroatoms. The van der Waals surface area contributed by atoms with Gasteiger partial charge < -0.3 is 10.3 Å². The van der Waals surface area contributed by atoms with E-state index in [9.17, 15) is 0 Å². The predicted octanol–water partition coefficient (Wildman–Crippen LogP) is 4.42. The third kappa shape index (κ3) is 1.58. The molecule has 0 radical (unpaired) electrons. The van der Waals surface area contributed by atoms with E-state index < -0.39 is 0 Å². The normalized spacial score (nSPS) is 16.1. The van der Waals surface area contributed by atoms with Crippen LogP contribution in [0.5, 0.6) is 0 Å². The maximum Gasteiger partial charge on any atom is 0.0720 e. The van der Waals surface area contributed by atoms with Crippen molar-refractivity contribution in [3.8, 4) is 0 Å². The van der Waals surface area contributed by atoms with Crippen LogP contribution in [-0.2, 0) is 12.0 Å². The molecule has 0 atom stereocenters. The van der Waals surface area contributed by atoms with Crippen molar-refractivity contribution in [2.75, 3.05) is 5.32 Å². The first-order valence-electron chi connectivity index (χ1n) is 7.11. The molecule has 2 N–H and O–H groups in total. The maximum atomic E-state index is 3.68. The molecule has 2 nitrogen and oxygen atoms in total. The minimum absolute atomic E-state index is 0.0963. The van der Waals surface area contributed by atoms with Crippen LogP contribution in [0.15, 0.2) is 48.5 Å². The molecule has 3 aromatic rings. The van der Waals surface area contributed by atoms with E-state index in [-0.39, 0.29) is 5.54 Å². The van der Waals surface area contributed by atoms with Crippen LogP contribution >= 0.6 is 0 Å². The molecule has 2 heterocycles. The molecule has 1 aromatic heterocycles. The van der Waals surface area contributed by atoms with Crippen LogP contribution < -0.4 is 5.32 Å². The lowest BCUT2D eigenvalue weighted by molar-refractivity contribution is 0.592. The number of fused-ring (bicyclic) bond motifs is 4. The Balaban J connectivity index is 2.03. The number of aromatic amines is 1. The van der Waals surface area contributed by atoms with Crippen LogP contribution in [0.2, 0.25) is 0 Å². The van der Waals surface area contributed by atoms with Crippen molar-refractivity contribution in [3.63, 3.8) is 0 Å². The molecule has 4 rings (SSSR count). The first kappa shape index (κ1) is 11.6. The average Bonchev–Trinajstić information content (AvgIpc) is 2.76. The maximum absolute atomic E-state index is 3.68. The fourth-order valence-electron chi connectivity index (χ4n) is 3.30. The molecule has 100 valence electrons.